The zero-order valence-corrected chi connectivity index (χ0v) is 45.0. The summed E-state index contributed by atoms with van der Waals surface area (Å²) in [5, 5.41) is 12.7. The third-order valence-electron chi connectivity index (χ3n) is 14.6. The van der Waals surface area contributed by atoms with Crippen molar-refractivity contribution in [2.24, 2.45) is 0 Å². The van der Waals surface area contributed by atoms with Crippen molar-refractivity contribution in [3.63, 3.8) is 0 Å². The third-order valence-corrected chi connectivity index (χ3v) is 14.9. The van der Waals surface area contributed by atoms with Gasteiger partial charge in [0.25, 0.3) is 0 Å². The van der Waals surface area contributed by atoms with Crippen LogP contribution >= 0.6 is 11.6 Å². The van der Waals surface area contributed by atoms with Gasteiger partial charge in [-0.25, -0.2) is 4.39 Å². The molecule has 74 heavy (non-hydrogen) atoms. The van der Waals surface area contributed by atoms with E-state index in [2.05, 4.69) is 98.3 Å². The summed E-state index contributed by atoms with van der Waals surface area (Å²) in [4.78, 5) is 30.2. The third kappa shape index (κ3) is 12.5. The van der Waals surface area contributed by atoms with Crippen LogP contribution in [0.4, 0.5) is 4.39 Å². The second-order valence-electron chi connectivity index (χ2n) is 22.3. The van der Waals surface area contributed by atoms with Gasteiger partial charge in [-0.2, -0.15) is 0 Å². The number of aromatic amines is 1. The number of carbonyl (C=O) groups is 2. The lowest BCUT2D eigenvalue weighted by Crippen LogP contribution is -2.25. The Labute approximate surface area is 441 Å². The van der Waals surface area contributed by atoms with E-state index < -0.39 is 17.9 Å². The van der Waals surface area contributed by atoms with Crippen molar-refractivity contribution in [1.29, 1.82) is 0 Å². The number of fused-ring (bicyclic) bond motifs is 4. The van der Waals surface area contributed by atoms with Gasteiger partial charge in [0, 0.05) is 66.4 Å². The number of aromatic nitrogens is 2. The number of aliphatic hydroxyl groups excluding tert-OH is 1. The van der Waals surface area contributed by atoms with Crippen LogP contribution < -0.4 is 18.9 Å². The molecule has 3 unspecified atom stereocenters. The van der Waals surface area contributed by atoms with E-state index in [-0.39, 0.29) is 48.0 Å². The molecule has 2 N–H and O–H groups in total. The Morgan fingerprint density at radius 1 is 0.784 bits per heavy atom. The lowest BCUT2D eigenvalue weighted by molar-refractivity contribution is -0.121. The summed E-state index contributed by atoms with van der Waals surface area (Å²) in [6, 6.07) is 28.7. The molecule has 14 heteroatoms. The molecule has 0 spiro atoms. The van der Waals surface area contributed by atoms with Crippen LogP contribution in [0.1, 0.15) is 122 Å². The number of aliphatic hydroxyl groups is 1. The fourth-order valence-electron chi connectivity index (χ4n) is 9.90. The zero-order valence-electron chi connectivity index (χ0n) is 45.2. The molecule has 0 radical (unpaired) electrons. The van der Waals surface area contributed by atoms with E-state index in [1.54, 1.807) is 7.11 Å². The first-order chi connectivity index (χ1) is 35.9. The van der Waals surface area contributed by atoms with Crippen molar-refractivity contribution < 1.29 is 53.6 Å². The van der Waals surface area contributed by atoms with Crippen LogP contribution in [0.25, 0.3) is 21.8 Å². The Morgan fingerprint density at radius 3 is 1.78 bits per heavy atom. The fourth-order valence-corrected chi connectivity index (χ4v) is 10.1. The van der Waals surface area contributed by atoms with Gasteiger partial charge in [0.15, 0.2) is 29.4 Å². The predicted octanol–water partition coefficient (Wildman–Crippen LogP) is 11.9. The molecule has 4 fully saturated rings. The number of halogens is 2. The molecule has 6 aromatic rings. The lowest BCUT2D eigenvalue weighted by atomic mass is 9.87. The number of ketones is 2. The van der Waals surface area contributed by atoms with Gasteiger partial charge in [-0.05, 0) is 120 Å². The highest BCUT2D eigenvalue weighted by Gasteiger charge is 2.52. The maximum atomic E-state index is 13.5. The van der Waals surface area contributed by atoms with Crippen molar-refractivity contribution >= 4 is 45.0 Å². The Balaban J connectivity index is 0.000000162. The van der Waals surface area contributed by atoms with Gasteiger partial charge in [0.2, 0.25) is 13.6 Å². The minimum atomic E-state index is -0.954. The van der Waals surface area contributed by atoms with Crippen molar-refractivity contribution in [3.8, 4) is 23.0 Å². The van der Waals surface area contributed by atoms with Gasteiger partial charge in [0.05, 0.1) is 55.3 Å². The number of rotatable bonds is 13. The summed E-state index contributed by atoms with van der Waals surface area (Å²) in [7, 11) is 2.85. The van der Waals surface area contributed by atoms with E-state index in [1.807, 2.05) is 42.5 Å². The van der Waals surface area contributed by atoms with Crippen LogP contribution in [0.2, 0.25) is 0 Å². The van der Waals surface area contributed by atoms with E-state index in [4.69, 9.17) is 41.4 Å². The maximum Gasteiger partial charge on any atom is 0.231 e. The zero-order chi connectivity index (χ0) is 53.7. The number of carbonyl (C=O) groups excluding carboxylic acids is 2. The summed E-state index contributed by atoms with van der Waals surface area (Å²) in [5.41, 5.74) is 7.94. The number of benzene rings is 4. The number of nitrogens with one attached hydrogen (secondary N) is 1. The molecule has 4 aliphatic heterocycles. The molecule has 2 aliphatic carbocycles. The number of epoxide rings is 1. The lowest BCUT2D eigenvalue weighted by Gasteiger charge is -2.23. The molecule has 2 aromatic heterocycles. The van der Waals surface area contributed by atoms with Gasteiger partial charge >= 0.3 is 0 Å². The SMILES string of the molecule is CC(C)(C)c1cc2cc(CC(=O)C3(c4ccc5c(c4)OCO5)CC3)ccc2[nH]1.COCC(O)Cn1c(C(C)(C)C)cc2cc(CC(=O)C3(c4ccc5c(c4)OCO5)CC3)ccc21.ClCC1CO1.FC1CCCO1.[2H]C. The summed E-state index contributed by atoms with van der Waals surface area (Å²) in [6.07, 6.45) is 4.76. The first kappa shape index (κ1) is 53.4. The minimum Gasteiger partial charge on any atom is -0.454 e. The molecular weight excluding hydrogens is 963 g/mol. The van der Waals surface area contributed by atoms with E-state index in [1.165, 1.54) is 18.5 Å². The van der Waals surface area contributed by atoms with Crippen molar-refractivity contribution in [1.82, 2.24) is 9.55 Å². The number of ether oxygens (including phenoxy) is 7. The van der Waals surface area contributed by atoms with Crippen LogP contribution in [-0.2, 0) is 64.8 Å². The molecule has 6 heterocycles. The second-order valence-corrected chi connectivity index (χ2v) is 22.6. The second kappa shape index (κ2) is 22.4. The summed E-state index contributed by atoms with van der Waals surface area (Å²) >= 11 is 5.27. The van der Waals surface area contributed by atoms with E-state index >= 15 is 0 Å². The number of Topliss-reactive ketones (excluding diaryl/α,β-unsaturated/α-hetero) is 2. The number of hydrogen-bond acceptors (Lipinski definition) is 10. The van der Waals surface area contributed by atoms with Crippen molar-refractivity contribution in [3.05, 3.63) is 119 Å². The molecule has 3 atom stereocenters. The standard InChI is InChI=1S/C28H33NO5.C24H25NO3.C4H7FO.C3H5ClO.CH4/c1-27(2,3)25-13-19-11-18(5-7-22(19)29(25)15-21(30)16-32-4)12-26(31)28(9-10-28)20-6-8-23-24(14-20)34-17-33-23;1-23(2,3)21-12-16-10-15(4-6-18(16)25-21)11-22(26)24(8-9-24)17-5-7-19-20(13-17)28-14-27-19;5-4-2-1-3-6-4;4-1-3-2-5-3;/h5-8,11,13-14,21,30H,9-10,12,15-17H2,1-4H3;4-7,10,12-13,25H,8-9,11,14H2,1-3H3;4H,1-3H2;3H,1-2H2;1H4/i;;;;1D. The molecule has 0 bridgehead atoms. The first-order valence-electron chi connectivity index (χ1n) is 26.6. The average Bonchev–Trinajstić information content (AvgIpc) is 4.34. The normalized spacial score (nSPS) is 19.6. The van der Waals surface area contributed by atoms with Crippen LogP contribution in [-0.4, -0.2) is 91.2 Å². The van der Waals surface area contributed by atoms with Crippen molar-refractivity contribution in [2.45, 2.75) is 147 Å². The number of nitrogens with zero attached hydrogens (tertiary/aromatic N) is 1. The molecule has 12 rings (SSSR count). The van der Waals surface area contributed by atoms with Gasteiger partial charge in [-0.3, -0.25) is 9.59 Å². The van der Waals surface area contributed by atoms with Gasteiger partial charge < -0.3 is 47.8 Å². The predicted molar refractivity (Wildman–Crippen MR) is 287 cm³/mol. The fraction of sp³-hybridized carbons (Fsp3) is 0.500. The van der Waals surface area contributed by atoms with E-state index in [0.29, 0.717) is 44.4 Å². The molecule has 0 amide bonds. The van der Waals surface area contributed by atoms with E-state index in [9.17, 15) is 19.1 Å². The van der Waals surface area contributed by atoms with E-state index in [0.717, 1.165) is 106 Å². The van der Waals surface area contributed by atoms with Gasteiger partial charge in [-0.15, -0.1) is 11.6 Å². The molecule has 6 aliphatic rings. The minimum absolute atomic E-state index is 0.0758. The van der Waals surface area contributed by atoms with Crippen LogP contribution in [0, 0.1) is 0 Å². The average molecular weight is 1040 g/mol. The first-order valence-corrected chi connectivity index (χ1v) is 26.1. The van der Waals surface area contributed by atoms with Crippen LogP contribution in [0.5, 0.6) is 23.0 Å². The highest BCUT2D eigenvalue weighted by molar-refractivity contribution is 6.18. The summed E-state index contributed by atoms with van der Waals surface area (Å²) in [6.45, 7) is 15.9. The number of alkyl halides is 2. The molecule has 4 aromatic carbocycles. The Hall–Kier alpha value is -5.44. The molecule has 398 valence electrons. The summed E-state index contributed by atoms with van der Waals surface area (Å²) in [5.74, 6) is 4.19. The largest absolute Gasteiger partial charge is 0.454 e. The van der Waals surface area contributed by atoms with Crippen LogP contribution in [0.3, 0.4) is 0 Å². The topological polar surface area (TPSA) is 143 Å². The highest BCUT2D eigenvalue weighted by Crippen LogP contribution is 2.53. The number of hydrogen-bond donors (Lipinski definition) is 2. The van der Waals surface area contributed by atoms with Gasteiger partial charge in [-0.1, -0.05) is 73.2 Å². The molecule has 2 saturated heterocycles. The van der Waals surface area contributed by atoms with Gasteiger partial charge in [0.1, 0.15) is 11.6 Å². The monoisotopic (exact) mass is 1040 g/mol. The summed E-state index contributed by atoms with van der Waals surface area (Å²) < 4.78 is 55.8. The number of H-pyrrole nitrogens is 1. The smallest absolute Gasteiger partial charge is 0.231 e. The number of methoxy groups -OCH3 is 1. The molecule has 2 saturated carbocycles. The quantitative estimate of drug-likeness (QED) is 0.0848. The Kier molecular flexibility index (Phi) is 16.2. The highest BCUT2D eigenvalue weighted by atomic mass is 35.5. The van der Waals surface area contributed by atoms with Crippen LogP contribution in [0.15, 0.2) is 84.9 Å². The van der Waals surface area contributed by atoms with Crippen molar-refractivity contribution in [2.75, 3.05) is 46.4 Å². The Morgan fingerprint density at radius 2 is 1.34 bits per heavy atom. The molecular formula is C60H74ClFN2O10. The molecule has 12 nitrogen and oxygen atoms in total. The Bertz CT molecular complexity index is 2940. The maximum absolute atomic E-state index is 13.5.